The lowest BCUT2D eigenvalue weighted by molar-refractivity contribution is -0.129. The van der Waals surface area contributed by atoms with Gasteiger partial charge in [0.1, 0.15) is 5.69 Å². The summed E-state index contributed by atoms with van der Waals surface area (Å²) in [6.07, 6.45) is 1.16. The van der Waals surface area contributed by atoms with Crippen LogP contribution in [0.4, 0.5) is 10.8 Å². The maximum Gasteiger partial charge on any atom is 0.276 e. The summed E-state index contributed by atoms with van der Waals surface area (Å²) in [5, 5.41) is 14.6. The molecule has 9 nitrogen and oxygen atoms in total. The average Bonchev–Trinajstić information content (AvgIpc) is 3.32. The van der Waals surface area contributed by atoms with E-state index < -0.39 is 6.10 Å². The van der Waals surface area contributed by atoms with E-state index in [2.05, 4.69) is 20.2 Å². The molecule has 1 saturated heterocycles. The third kappa shape index (κ3) is 6.41. The van der Waals surface area contributed by atoms with Crippen molar-refractivity contribution >= 4 is 34.0 Å². The summed E-state index contributed by atoms with van der Waals surface area (Å²) in [6.45, 7) is 6.72. The summed E-state index contributed by atoms with van der Waals surface area (Å²) in [6, 6.07) is 11.3. The first-order valence-electron chi connectivity index (χ1n) is 11.5. The van der Waals surface area contributed by atoms with Gasteiger partial charge in [0.2, 0.25) is 5.91 Å². The summed E-state index contributed by atoms with van der Waals surface area (Å²) in [5.41, 5.74) is 3.85. The lowest BCUT2D eigenvalue weighted by atomic mass is 10.1. The Morgan fingerprint density at radius 3 is 2.63 bits per heavy atom. The Balaban J connectivity index is 1.37. The number of rotatable bonds is 8. The highest BCUT2D eigenvalue weighted by Gasteiger charge is 2.20. The van der Waals surface area contributed by atoms with Crippen molar-refractivity contribution in [3.63, 3.8) is 0 Å². The van der Waals surface area contributed by atoms with E-state index in [1.54, 1.807) is 26.1 Å². The molecule has 1 aliphatic heterocycles. The smallest absolute Gasteiger partial charge is 0.276 e. The molecule has 4 rings (SSSR count). The van der Waals surface area contributed by atoms with E-state index >= 15 is 0 Å². The van der Waals surface area contributed by atoms with Gasteiger partial charge in [0.05, 0.1) is 36.9 Å². The van der Waals surface area contributed by atoms with E-state index in [-0.39, 0.29) is 18.4 Å². The number of nitrogens with one attached hydrogen (secondary N) is 1. The standard InChI is InChI=1S/C25H29N5O4S/c1-17(31)14-34-15-19-5-3-4-6-21(19)23-16-35-25(27-23)28-24(33)22-8-7-20(13-26-22)30-11-9-29(10-12-30)18(2)32/h3-8,13,16-17,31H,9-12,14-15H2,1-2H3,(H,27,28,33)/t17-/m0/s1. The number of carbonyl (C=O) groups excluding carboxylic acids is 2. The maximum atomic E-state index is 12.7. The molecule has 0 unspecified atom stereocenters. The van der Waals surface area contributed by atoms with E-state index in [1.807, 2.05) is 40.6 Å². The predicted octanol–water partition coefficient (Wildman–Crippen LogP) is 3.02. The average molecular weight is 496 g/mol. The quantitative estimate of drug-likeness (QED) is 0.495. The van der Waals surface area contributed by atoms with Gasteiger partial charge in [-0.2, -0.15) is 0 Å². The number of carbonyl (C=O) groups is 2. The second-order valence-corrected chi connectivity index (χ2v) is 9.27. The lowest BCUT2D eigenvalue weighted by Gasteiger charge is -2.35. The van der Waals surface area contributed by atoms with E-state index in [9.17, 15) is 14.7 Å². The number of piperazine rings is 1. The molecular weight excluding hydrogens is 466 g/mol. The topological polar surface area (TPSA) is 108 Å². The number of aromatic nitrogens is 2. The van der Waals surface area contributed by atoms with Crippen LogP contribution in [0.3, 0.4) is 0 Å². The summed E-state index contributed by atoms with van der Waals surface area (Å²) >= 11 is 1.34. The van der Waals surface area contributed by atoms with Gasteiger partial charge in [0, 0.05) is 44.0 Å². The molecule has 0 spiro atoms. The van der Waals surface area contributed by atoms with Crippen molar-refractivity contribution in [2.75, 3.05) is 43.0 Å². The summed E-state index contributed by atoms with van der Waals surface area (Å²) in [4.78, 5) is 37.1. The van der Waals surface area contributed by atoms with Crippen molar-refractivity contribution in [3.8, 4) is 11.3 Å². The number of nitrogens with zero attached hydrogens (tertiary/aromatic N) is 4. The van der Waals surface area contributed by atoms with Crippen molar-refractivity contribution in [2.45, 2.75) is 26.6 Å². The molecular formula is C25H29N5O4S. The number of pyridine rings is 1. The maximum absolute atomic E-state index is 12.7. The number of aliphatic hydroxyl groups excluding tert-OH is 1. The number of benzene rings is 1. The largest absolute Gasteiger partial charge is 0.391 e. The van der Waals surface area contributed by atoms with Crippen molar-refractivity contribution in [3.05, 3.63) is 59.2 Å². The molecule has 1 aliphatic rings. The zero-order valence-corrected chi connectivity index (χ0v) is 20.6. The number of hydrogen-bond donors (Lipinski definition) is 2. The Morgan fingerprint density at radius 1 is 1.17 bits per heavy atom. The van der Waals surface area contributed by atoms with Gasteiger partial charge >= 0.3 is 0 Å². The molecule has 2 amide bonds. The van der Waals surface area contributed by atoms with Gasteiger partial charge in [-0.15, -0.1) is 11.3 Å². The first-order chi connectivity index (χ1) is 16.9. The van der Waals surface area contributed by atoms with Crippen LogP contribution in [0.15, 0.2) is 48.0 Å². The first-order valence-corrected chi connectivity index (χ1v) is 12.4. The van der Waals surface area contributed by atoms with Crippen molar-refractivity contribution in [1.29, 1.82) is 0 Å². The molecule has 1 fully saturated rings. The van der Waals surface area contributed by atoms with E-state index in [1.165, 1.54) is 11.3 Å². The fourth-order valence-corrected chi connectivity index (χ4v) is 4.54. The van der Waals surface area contributed by atoms with Crippen LogP contribution in [0.1, 0.15) is 29.9 Å². The highest BCUT2D eigenvalue weighted by atomic mass is 32.1. The van der Waals surface area contributed by atoms with Gasteiger partial charge < -0.3 is 19.6 Å². The number of anilines is 2. The fourth-order valence-electron chi connectivity index (χ4n) is 3.84. The summed E-state index contributed by atoms with van der Waals surface area (Å²) in [7, 11) is 0. The number of ether oxygens (including phenoxy) is 1. The van der Waals surface area contributed by atoms with Crippen LogP contribution in [-0.4, -0.2) is 70.7 Å². The van der Waals surface area contributed by atoms with Crippen LogP contribution in [0, 0.1) is 0 Å². The number of aliphatic hydroxyl groups is 1. The van der Waals surface area contributed by atoms with E-state index in [0.717, 1.165) is 35.6 Å². The van der Waals surface area contributed by atoms with Crippen molar-refractivity contribution in [1.82, 2.24) is 14.9 Å². The molecule has 3 heterocycles. The van der Waals surface area contributed by atoms with Crippen LogP contribution in [0.2, 0.25) is 0 Å². The monoisotopic (exact) mass is 495 g/mol. The molecule has 3 aromatic rings. The Hall–Kier alpha value is -3.34. The number of hydrogen-bond acceptors (Lipinski definition) is 8. The normalized spacial score (nSPS) is 14.6. The van der Waals surface area contributed by atoms with Gasteiger partial charge in [-0.1, -0.05) is 24.3 Å². The Labute approximate surface area is 208 Å². The van der Waals surface area contributed by atoms with Gasteiger partial charge in [0.15, 0.2) is 5.13 Å². The Morgan fingerprint density at radius 2 is 1.94 bits per heavy atom. The highest BCUT2D eigenvalue weighted by Crippen LogP contribution is 2.28. The van der Waals surface area contributed by atoms with Gasteiger partial charge in [-0.25, -0.2) is 9.97 Å². The zero-order valence-electron chi connectivity index (χ0n) is 19.8. The van der Waals surface area contributed by atoms with Crippen molar-refractivity contribution in [2.24, 2.45) is 0 Å². The van der Waals surface area contributed by atoms with Crippen LogP contribution < -0.4 is 10.2 Å². The molecule has 0 aliphatic carbocycles. The molecule has 35 heavy (non-hydrogen) atoms. The minimum atomic E-state index is -0.525. The summed E-state index contributed by atoms with van der Waals surface area (Å²) < 4.78 is 5.57. The molecule has 1 atom stereocenters. The highest BCUT2D eigenvalue weighted by molar-refractivity contribution is 7.14. The van der Waals surface area contributed by atoms with E-state index in [4.69, 9.17) is 4.74 Å². The van der Waals surface area contributed by atoms with E-state index in [0.29, 0.717) is 30.5 Å². The lowest BCUT2D eigenvalue weighted by Crippen LogP contribution is -2.48. The molecule has 0 radical (unpaired) electrons. The third-order valence-corrected chi connectivity index (χ3v) is 6.46. The third-order valence-electron chi connectivity index (χ3n) is 5.71. The zero-order chi connectivity index (χ0) is 24.8. The minimum absolute atomic E-state index is 0.0910. The van der Waals surface area contributed by atoms with Crippen LogP contribution in [0.5, 0.6) is 0 Å². The van der Waals surface area contributed by atoms with Crippen LogP contribution >= 0.6 is 11.3 Å². The molecule has 184 valence electrons. The van der Waals surface area contributed by atoms with Crippen molar-refractivity contribution < 1.29 is 19.4 Å². The second kappa shape index (κ2) is 11.4. The molecule has 2 N–H and O–H groups in total. The molecule has 0 bridgehead atoms. The second-order valence-electron chi connectivity index (χ2n) is 8.41. The molecule has 10 heteroatoms. The fraction of sp³-hybridized carbons (Fsp3) is 0.360. The molecule has 1 aromatic carbocycles. The SMILES string of the molecule is CC(=O)N1CCN(c2ccc(C(=O)Nc3nc(-c4ccccc4COC[C@H](C)O)cs3)nc2)CC1. The van der Waals surface area contributed by atoms with Gasteiger partial charge in [-0.3, -0.25) is 14.9 Å². The Kier molecular flexibility index (Phi) is 8.06. The van der Waals surface area contributed by atoms with Crippen LogP contribution in [-0.2, 0) is 16.1 Å². The van der Waals surface area contributed by atoms with Gasteiger partial charge in [-0.05, 0) is 24.6 Å². The van der Waals surface area contributed by atoms with Crippen LogP contribution in [0.25, 0.3) is 11.3 Å². The first kappa shape index (κ1) is 24.8. The number of amides is 2. The summed E-state index contributed by atoms with van der Waals surface area (Å²) in [5.74, 6) is -0.235. The predicted molar refractivity (Wildman–Crippen MR) is 136 cm³/mol. The minimum Gasteiger partial charge on any atom is -0.391 e. The van der Waals surface area contributed by atoms with Gasteiger partial charge in [0.25, 0.3) is 5.91 Å². The Bertz CT molecular complexity index is 1160. The molecule has 2 aromatic heterocycles. The molecule has 0 saturated carbocycles. The number of thiazole rings is 1.